The molecular weight excluding hydrogens is 172 g/mol. The number of rotatable bonds is 4. The highest BCUT2D eigenvalue weighted by Gasteiger charge is 2.03. The Morgan fingerprint density at radius 3 is 2.14 bits per heavy atom. The predicted molar refractivity (Wildman–Crippen MR) is 63.2 cm³/mol. The van der Waals surface area contributed by atoms with Crippen LogP contribution in [0.1, 0.15) is 20.8 Å². The van der Waals surface area contributed by atoms with Crippen LogP contribution in [0.2, 0.25) is 0 Å². The summed E-state index contributed by atoms with van der Waals surface area (Å²) in [7, 11) is 0. The molecule has 0 bridgehead atoms. The lowest BCUT2D eigenvalue weighted by molar-refractivity contribution is 0.424. The summed E-state index contributed by atoms with van der Waals surface area (Å²) in [6, 6.07) is 0. The molecule has 1 N–H and O–H groups in total. The molecule has 0 aliphatic carbocycles. The van der Waals surface area contributed by atoms with Crippen molar-refractivity contribution in [3.05, 3.63) is 59.9 Å². The second-order valence-corrected chi connectivity index (χ2v) is 2.73. The third-order valence-electron chi connectivity index (χ3n) is 1.80. The fraction of sp³-hybridized carbons (Fsp3) is 0.231. The first-order chi connectivity index (χ1) is 6.71. The van der Waals surface area contributed by atoms with Crippen LogP contribution in [-0.2, 0) is 0 Å². The quantitative estimate of drug-likeness (QED) is 0.523. The van der Waals surface area contributed by atoms with Crippen molar-refractivity contribution in [3.63, 3.8) is 0 Å². The normalized spacial score (nSPS) is 14.9. The van der Waals surface area contributed by atoms with Crippen LogP contribution < -0.4 is 0 Å². The standard InChI is InChI=1S/C13H18O/c1-5-9-11(7-3)12(10-6-2)13(14)8-4/h5-10,14H,2H2,1,3-4H3/b9-5-,11-7-,12-10+,13-8+. The molecule has 0 fully saturated rings. The summed E-state index contributed by atoms with van der Waals surface area (Å²) in [6.45, 7) is 9.31. The third kappa shape index (κ3) is 3.48. The number of allylic oxidation sites excluding steroid dienone is 7. The number of hydrogen-bond acceptors (Lipinski definition) is 1. The molecule has 76 valence electrons. The number of aliphatic hydroxyl groups is 1. The van der Waals surface area contributed by atoms with E-state index in [1.165, 1.54) is 0 Å². The molecule has 0 aromatic rings. The Morgan fingerprint density at radius 2 is 1.79 bits per heavy atom. The molecule has 0 amide bonds. The van der Waals surface area contributed by atoms with Gasteiger partial charge in [0.25, 0.3) is 0 Å². The molecule has 0 atom stereocenters. The molecule has 0 radical (unpaired) electrons. The van der Waals surface area contributed by atoms with Crippen LogP contribution in [0.15, 0.2) is 59.9 Å². The minimum atomic E-state index is 0.274. The van der Waals surface area contributed by atoms with Gasteiger partial charge in [0.15, 0.2) is 0 Å². The lowest BCUT2D eigenvalue weighted by Gasteiger charge is -2.06. The Hall–Kier alpha value is -1.50. The van der Waals surface area contributed by atoms with E-state index in [1.807, 2.05) is 32.1 Å². The zero-order valence-corrected chi connectivity index (χ0v) is 9.12. The van der Waals surface area contributed by atoms with E-state index in [0.717, 1.165) is 11.1 Å². The molecule has 0 saturated carbocycles. The molecule has 0 saturated heterocycles. The highest BCUT2D eigenvalue weighted by molar-refractivity contribution is 5.49. The zero-order chi connectivity index (χ0) is 11.0. The maximum Gasteiger partial charge on any atom is 0.119 e. The predicted octanol–water partition coefficient (Wildman–Crippen LogP) is 4.08. The van der Waals surface area contributed by atoms with Crippen molar-refractivity contribution in [1.82, 2.24) is 0 Å². The van der Waals surface area contributed by atoms with Crippen LogP contribution in [0.3, 0.4) is 0 Å². The Labute approximate surface area is 86.5 Å². The minimum Gasteiger partial charge on any atom is -0.508 e. The molecule has 1 nitrogen and oxygen atoms in total. The van der Waals surface area contributed by atoms with Crippen molar-refractivity contribution in [1.29, 1.82) is 0 Å². The molecule has 0 aliphatic heterocycles. The van der Waals surface area contributed by atoms with Crippen LogP contribution in [0.4, 0.5) is 0 Å². The largest absolute Gasteiger partial charge is 0.508 e. The molecule has 0 aromatic carbocycles. The molecule has 0 heterocycles. The average Bonchev–Trinajstić information content (AvgIpc) is 2.22. The van der Waals surface area contributed by atoms with E-state index in [-0.39, 0.29) is 5.76 Å². The van der Waals surface area contributed by atoms with Gasteiger partial charge in [-0.05, 0) is 32.4 Å². The van der Waals surface area contributed by atoms with Crippen LogP contribution in [0, 0.1) is 0 Å². The van der Waals surface area contributed by atoms with E-state index in [1.54, 1.807) is 25.2 Å². The van der Waals surface area contributed by atoms with E-state index < -0.39 is 0 Å². The van der Waals surface area contributed by atoms with Crippen LogP contribution in [0.5, 0.6) is 0 Å². The van der Waals surface area contributed by atoms with Gasteiger partial charge in [-0.1, -0.05) is 37.0 Å². The average molecular weight is 190 g/mol. The first-order valence-corrected chi connectivity index (χ1v) is 4.69. The zero-order valence-electron chi connectivity index (χ0n) is 9.12. The van der Waals surface area contributed by atoms with E-state index in [0.29, 0.717) is 0 Å². The number of hydrogen-bond donors (Lipinski definition) is 1. The Kier molecular flexibility index (Phi) is 6.21. The summed E-state index contributed by atoms with van der Waals surface area (Å²) < 4.78 is 0. The lowest BCUT2D eigenvalue weighted by Crippen LogP contribution is -1.91. The second kappa shape index (κ2) is 6.96. The minimum absolute atomic E-state index is 0.274. The van der Waals surface area contributed by atoms with Crippen molar-refractivity contribution in [3.8, 4) is 0 Å². The summed E-state index contributed by atoms with van der Waals surface area (Å²) in [6.07, 6.45) is 11.0. The summed E-state index contributed by atoms with van der Waals surface area (Å²) in [5, 5.41) is 9.65. The summed E-state index contributed by atoms with van der Waals surface area (Å²) in [4.78, 5) is 0. The van der Waals surface area contributed by atoms with Gasteiger partial charge in [-0.15, -0.1) is 0 Å². The molecule has 0 spiro atoms. The van der Waals surface area contributed by atoms with E-state index in [9.17, 15) is 5.11 Å². The maximum absolute atomic E-state index is 9.65. The highest BCUT2D eigenvalue weighted by atomic mass is 16.3. The van der Waals surface area contributed by atoms with E-state index >= 15 is 0 Å². The second-order valence-electron chi connectivity index (χ2n) is 2.73. The van der Waals surface area contributed by atoms with Gasteiger partial charge < -0.3 is 5.11 Å². The van der Waals surface area contributed by atoms with Crippen LogP contribution >= 0.6 is 0 Å². The smallest absolute Gasteiger partial charge is 0.119 e. The topological polar surface area (TPSA) is 20.2 Å². The van der Waals surface area contributed by atoms with Crippen molar-refractivity contribution >= 4 is 0 Å². The van der Waals surface area contributed by atoms with E-state index in [4.69, 9.17) is 0 Å². The van der Waals surface area contributed by atoms with Gasteiger partial charge in [0, 0.05) is 5.57 Å². The summed E-state index contributed by atoms with van der Waals surface area (Å²) in [5.74, 6) is 0.274. The Balaban J connectivity index is 5.21. The SMILES string of the molecule is C=C/C=C(C(\C=C/C)=C/C)/C(O)=C\C. The fourth-order valence-electron chi connectivity index (χ4n) is 1.12. The molecule has 0 unspecified atom stereocenters. The maximum atomic E-state index is 9.65. The molecule has 14 heavy (non-hydrogen) atoms. The first-order valence-electron chi connectivity index (χ1n) is 4.69. The van der Waals surface area contributed by atoms with Crippen molar-refractivity contribution in [2.75, 3.05) is 0 Å². The van der Waals surface area contributed by atoms with Crippen molar-refractivity contribution < 1.29 is 5.11 Å². The molecule has 0 aliphatic rings. The monoisotopic (exact) mass is 190 g/mol. The van der Waals surface area contributed by atoms with Gasteiger partial charge in [0.05, 0.1) is 0 Å². The first kappa shape index (κ1) is 12.5. The molecule has 0 aromatic heterocycles. The summed E-state index contributed by atoms with van der Waals surface area (Å²) >= 11 is 0. The van der Waals surface area contributed by atoms with Gasteiger partial charge in [-0.2, -0.15) is 0 Å². The number of aliphatic hydroxyl groups excluding tert-OH is 1. The Morgan fingerprint density at radius 1 is 1.14 bits per heavy atom. The fourth-order valence-corrected chi connectivity index (χ4v) is 1.12. The van der Waals surface area contributed by atoms with Crippen molar-refractivity contribution in [2.24, 2.45) is 0 Å². The van der Waals surface area contributed by atoms with Gasteiger partial charge in [-0.25, -0.2) is 0 Å². The van der Waals surface area contributed by atoms with Gasteiger partial charge in [-0.3, -0.25) is 0 Å². The molecule has 0 rings (SSSR count). The summed E-state index contributed by atoms with van der Waals surface area (Å²) in [5.41, 5.74) is 1.78. The molecular formula is C13H18O. The lowest BCUT2D eigenvalue weighted by atomic mass is 10.0. The Bertz CT molecular complexity index is 301. The van der Waals surface area contributed by atoms with Crippen LogP contribution in [-0.4, -0.2) is 5.11 Å². The highest BCUT2D eigenvalue weighted by Crippen LogP contribution is 2.18. The van der Waals surface area contributed by atoms with Crippen molar-refractivity contribution in [2.45, 2.75) is 20.8 Å². The third-order valence-corrected chi connectivity index (χ3v) is 1.80. The van der Waals surface area contributed by atoms with Gasteiger partial charge in [0.2, 0.25) is 0 Å². The van der Waals surface area contributed by atoms with Crippen LogP contribution in [0.25, 0.3) is 0 Å². The van der Waals surface area contributed by atoms with Gasteiger partial charge >= 0.3 is 0 Å². The molecule has 1 heteroatoms. The van der Waals surface area contributed by atoms with E-state index in [2.05, 4.69) is 6.58 Å². The van der Waals surface area contributed by atoms with Gasteiger partial charge in [0.1, 0.15) is 5.76 Å².